The molecule has 132 valence electrons. The number of halogens is 1. The molecule has 1 saturated carbocycles. The molecule has 0 aliphatic heterocycles. The predicted octanol–water partition coefficient (Wildman–Crippen LogP) is 3.10. The number of hydrogen-bond donors (Lipinski definition) is 3. The molecule has 3 unspecified atom stereocenters. The van der Waals surface area contributed by atoms with Crippen molar-refractivity contribution >= 4 is 29.9 Å². The Hall–Kier alpha value is -0.760. The van der Waals surface area contributed by atoms with Gasteiger partial charge in [-0.3, -0.25) is 4.99 Å². The number of rotatable bonds is 5. The van der Waals surface area contributed by atoms with Crippen molar-refractivity contribution in [3.05, 3.63) is 24.2 Å². The van der Waals surface area contributed by atoms with E-state index in [4.69, 9.17) is 4.42 Å². The zero-order valence-electron chi connectivity index (χ0n) is 14.3. The van der Waals surface area contributed by atoms with Gasteiger partial charge < -0.3 is 20.2 Å². The number of nitrogens with one attached hydrogen (secondary N) is 2. The van der Waals surface area contributed by atoms with Gasteiger partial charge >= 0.3 is 0 Å². The van der Waals surface area contributed by atoms with E-state index in [9.17, 15) is 5.11 Å². The summed E-state index contributed by atoms with van der Waals surface area (Å²) in [6, 6.07) is 3.56. The van der Waals surface area contributed by atoms with Crippen molar-refractivity contribution in [3.63, 3.8) is 0 Å². The van der Waals surface area contributed by atoms with Crippen LogP contribution in [0.4, 0.5) is 0 Å². The quantitative estimate of drug-likeness (QED) is 0.378. The fourth-order valence-electron chi connectivity index (χ4n) is 3.13. The lowest BCUT2D eigenvalue weighted by Crippen LogP contribution is -2.45. The Labute approximate surface area is 156 Å². The van der Waals surface area contributed by atoms with Gasteiger partial charge in [-0.25, -0.2) is 0 Å². The Kier molecular flexibility index (Phi) is 8.39. The van der Waals surface area contributed by atoms with Crippen molar-refractivity contribution in [2.24, 2.45) is 16.8 Å². The molecule has 1 fully saturated rings. The third-order valence-electron chi connectivity index (χ3n) is 4.48. The van der Waals surface area contributed by atoms with Gasteiger partial charge in [0.05, 0.1) is 12.8 Å². The van der Waals surface area contributed by atoms with Crippen molar-refractivity contribution in [1.82, 2.24) is 10.6 Å². The van der Waals surface area contributed by atoms with Crippen LogP contribution < -0.4 is 10.6 Å². The molecule has 3 atom stereocenters. The summed E-state index contributed by atoms with van der Waals surface area (Å²) < 4.78 is 5.28. The van der Waals surface area contributed by atoms with Gasteiger partial charge in [-0.05, 0) is 43.7 Å². The second-order valence-electron chi connectivity index (χ2n) is 6.70. The predicted molar refractivity (Wildman–Crippen MR) is 104 cm³/mol. The molecule has 0 amide bonds. The molecular weight excluding hydrogens is 405 g/mol. The van der Waals surface area contributed by atoms with Crippen LogP contribution in [0.3, 0.4) is 0 Å². The Balaban J connectivity index is 0.00000264. The summed E-state index contributed by atoms with van der Waals surface area (Å²) in [6.07, 6.45) is 6.83. The summed E-state index contributed by atoms with van der Waals surface area (Å²) in [5.41, 5.74) is -1.06. The molecule has 1 aromatic rings. The van der Waals surface area contributed by atoms with E-state index >= 15 is 0 Å². The van der Waals surface area contributed by atoms with Crippen molar-refractivity contribution < 1.29 is 9.52 Å². The highest BCUT2D eigenvalue weighted by molar-refractivity contribution is 14.0. The Morgan fingerprint density at radius 2 is 2.22 bits per heavy atom. The smallest absolute Gasteiger partial charge is 0.191 e. The minimum Gasteiger partial charge on any atom is -0.466 e. The average molecular weight is 435 g/mol. The molecule has 5 nitrogen and oxygen atoms in total. The van der Waals surface area contributed by atoms with E-state index in [1.54, 1.807) is 32.4 Å². The summed E-state index contributed by atoms with van der Waals surface area (Å²) in [7, 11) is 1.75. The summed E-state index contributed by atoms with van der Waals surface area (Å²) >= 11 is 0. The SMILES string of the molecule is CN=C(NCC1CCCC(C)C1)NCC(C)(O)c1ccco1.I. The van der Waals surface area contributed by atoms with Crippen LogP contribution >= 0.6 is 24.0 Å². The van der Waals surface area contributed by atoms with Crippen molar-refractivity contribution in [1.29, 1.82) is 0 Å². The molecular formula is C17H30IN3O2. The van der Waals surface area contributed by atoms with E-state index in [0.29, 0.717) is 18.2 Å². The molecule has 0 aromatic carbocycles. The molecule has 2 rings (SSSR count). The van der Waals surface area contributed by atoms with Gasteiger partial charge in [-0.2, -0.15) is 0 Å². The first-order valence-electron chi connectivity index (χ1n) is 8.22. The number of nitrogens with zero attached hydrogens (tertiary/aromatic N) is 1. The average Bonchev–Trinajstić information content (AvgIpc) is 3.02. The molecule has 1 aliphatic rings. The summed E-state index contributed by atoms with van der Waals surface area (Å²) in [4.78, 5) is 4.23. The number of aliphatic imine (C=N–C) groups is 1. The van der Waals surface area contributed by atoms with Crippen molar-refractivity contribution in [3.8, 4) is 0 Å². The Bertz CT molecular complexity index is 474. The lowest BCUT2D eigenvalue weighted by Gasteiger charge is -2.28. The van der Waals surface area contributed by atoms with E-state index in [1.807, 2.05) is 0 Å². The van der Waals surface area contributed by atoms with Crippen LogP contribution in [0.2, 0.25) is 0 Å². The number of hydrogen-bond acceptors (Lipinski definition) is 3. The third-order valence-corrected chi connectivity index (χ3v) is 4.48. The maximum atomic E-state index is 10.4. The highest BCUT2D eigenvalue weighted by Gasteiger charge is 2.26. The van der Waals surface area contributed by atoms with E-state index in [0.717, 1.165) is 18.4 Å². The third kappa shape index (κ3) is 6.33. The monoisotopic (exact) mass is 435 g/mol. The topological polar surface area (TPSA) is 69.8 Å². The largest absolute Gasteiger partial charge is 0.466 e. The summed E-state index contributed by atoms with van der Waals surface area (Å²) in [5.74, 6) is 2.82. The number of aliphatic hydroxyl groups is 1. The molecule has 0 spiro atoms. The molecule has 1 heterocycles. The zero-order valence-corrected chi connectivity index (χ0v) is 16.7. The molecule has 23 heavy (non-hydrogen) atoms. The first-order chi connectivity index (χ1) is 10.5. The maximum absolute atomic E-state index is 10.4. The summed E-state index contributed by atoms with van der Waals surface area (Å²) in [5, 5.41) is 17.0. The minimum atomic E-state index is -1.06. The normalized spacial score (nSPS) is 24.4. The fraction of sp³-hybridized carbons (Fsp3) is 0.706. The molecule has 1 aromatic heterocycles. The molecule has 1 aliphatic carbocycles. The van der Waals surface area contributed by atoms with Crippen molar-refractivity contribution in [2.75, 3.05) is 20.1 Å². The lowest BCUT2D eigenvalue weighted by atomic mass is 9.82. The molecule has 0 radical (unpaired) electrons. The Morgan fingerprint density at radius 3 is 2.83 bits per heavy atom. The number of furan rings is 1. The van der Waals surface area contributed by atoms with Gasteiger partial charge in [0.1, 0.15) is 11.4 Å². The standard InChI is InChI=1S/C17H29N3O2.HI/c1-13-6-4-7-14(10-13)11-19-16(18-3)20-12-17(2,21)15-8-5-9-22-15;/h5,8-9,13-14,21H,4,6-7,10-12H2,1-3H3,(H2,18,19,20);1H. The van der Waals surface area contributed by atoms with Gasteiger partial charge in [-0.15, -0.1) is 24.0 Å². The van der Waals surface area contributed by atoms with Crippen LogP contribution in [-0.4, -0.2) is 31.2 Å². The van der Waals surface area contributed by atoms with E-state index < -0.39 is 5.60 Å². The summed E-state index contributed by atoms with van der Waals surface area (Å²) in [6.45, 7) is 5.35. The van der Waals surface area contributed by atoms with E-state index in [-0.39, 0.29) is 24.0 Å². The second-order valence-corrected chi connectivity index (χ2v) is 6.70. The lowest BCUT2D eigenvalue weighted by molar-refractivity contribution is 0.0385. The van der Waals surface area contributed by atoms with Gasteiger partial charge in [0.15, 0.2) is 5.96 Å². The first kappa shape index (κ1) is 20.3. The van der Waals surface area contributed by atoms with E-state index in [2.05, 4.69) is 22.5 Å². The number of guanidine groups is 1. The van der Waals surface area contributed by atoms with Crippen molar-refractivity contribution in [2.45, 2.75) is 45.1 Å². The van der Waals surface area contributed by atoms with Crippen LogP contribution in [0.1, 0.15) is 45.3 Å². The van der Waals surface area contributed by atoms with Gasteiger partial charge in [0.2, 0.25) is 0 Å². The molecule has 3 N–H and O–H groups in total. The van der Waals surface area contributed by atoms with Gasteiger partial charge in [-0.1, -0.05) is 19.8 Å². The first-order valence-corrected chi connectivity index (χ1v) is 8.22. The van der Waals surface area contributed by atoms with Crippen LogP contribution in [0.5, 0.6) is 0 Å². The molecule has 0 saturated heterocycles. The van der Waals surface area contributed by atoms with E-state index in [1.165, 1.54) is 25.7 Å². The van der Waals surface area contributed by atoms with Crippen LogP contribution in [0.25, 0.3) is 0 Å². The van der Waals surface area contributed by atoms with Gasteiger partial charge in [0.25, 0.3) is 0 Å². The highest BCUT2D eigenvalue weighted by Crippen LogP contribution is 2.27. The highest BCUT2D eigenvalue weighted by atomic mass is 127. The zero-order chi connectivity index (χ0) is 16.0. The van der Waals surface area contributed by atoms with Crippen LogP contribution in [0, 0.1) is 11.8 Å². The Morgan fingerprint density at radius 1 is 1.43 bits per heavy atom. The second kappa shape index (κ2) is 9.52. The maximum Gasteiger partial charge on any atom is 0.191 e. The van der Waals surface area contributed by atoms with Gasteiger partial charge in [0, 0.05) is 13.6 Å². The molecule has 0 bridgehead atoms. The van der Waals surface area contributed by atoms with Crippen LogP contribution in [-0.2, 0) is 5.60 Å². The van der Waals surface area contributed by atoms with Crippen LogP contribution in [0.15, 0.2) is 27.8 Å². The fourth-order valence-corrected chi connectivity index (χ4v) is 3.13. The minimum absolute atomic E-state index is 0. The molecule has 6 heteroatoms.